The summed E-state index contributed by atoms with van der Waals surface area (Å²) in [5, 5.41) is 12.8. The van der Waals surface area contributed by atoms with E-state index in [9.17, 15) is 9.90 Å². The molecule has 0 aliphatic rings. The van der Waals surface area contributed by atoms with E-state index in [4.69, 9.17) is 4.74 Å². The summed E-state index contributed by atoms with van der Waals surface area (Å²) < 4.78 is 9.85. The van der Waals surface area contributed by atoms with Gasteiger partial charge in [0.1, 0.15) is 5.75 Å². The number of ether oxygens (including phenoxy) is 2. The minimum absolute atomic E-state index is 0.225. The predicted molar refractivity (Wildman–Crippen MR) is 73.4 cm³/mol. The Morgan fingerprint density at radius 2 is 2.05 bits per heavy atom. The molecule has 19 heavy (non-hydrogen) atoms. The Morgan fingerprint density at radius 3 is 2.63 bits per heavy atom. The molecule has 106 valence electrons. The Kier molecular flexibility index (Phi) is 6.74. The fraction of sp³-hybridized carbons (Fsp3) is 0.500. The number of aliphatic hydroxyl groups excluding tert-OH is 1. The summed E-state index contributed by atoms with van der Waals surface area (Å²) in [6.07, 6.45) is 0.0324. The molecule has 1 aromatic rings. The van der Waals surface area contributed by atoms with E-state index in [1.165, 1.54) is 7.11 Å². The average Bonchev–Trinajstić information content (AvgIpc) is 2.44. The number of anilines is 1. The van der Waals surface area contributed by atoms with Gasteiger partial charge in [-0.25, -0.2) is 0 Å². The molecule has 1 unspecified atom stereocenters. The number of carbonyl (C=O) groups is 1. The highest BCUT2D eigenvalue weighted by molar-refractivity contribution is 5.69. The lowest BCUT2D eigenvalue weighted by Crippen LogP contribution is -2.20. The van der Waals surface area contributed by atoms with E-state index >= 15 is 0 Å². The molecule has 0 radical (unpaired) electrons. The number of esters is 1. The molecule has 0 aliphatic carbocycles. The molecule has 0 fully saturated rings. The Balaban J connectivity index is 2.29. The summed E-state index contributed by atoms with van der Waals surface area (Å²) in [6.45, 7) is 2.97. The van der Waals surface area contributed by atoms with Crippen molar-refractivity contribution in [2.75, 3.05) is 25.6 Å². The van der Waals surface area contributed by atoms with E-state index in [1.54, 1.807) is 0 Å². The first-order valence-corrected chi connectivity index (χ1v) is 6.37. The summed E-state index contributed by atoms with van der Waals surface area (Å²) >= 11 is 0. The zero-order valence-corrected chi connectivity index (χ0v) is 11.4. The van der Waals surface area contributed by atoms with Crippen LogP contribution < -0.4 is 10.1 Å². The Bertz CT molecular complexity index is 378. The smallest absolute Gasteiger partial charge is 0.305 e. The molecule has 0 bridgehead atoms. The largest absolute Gasteiger partial charge is 0.494 e. The van der Waals surface area contributed by atoms with Crippen molar-refractivity contribution in [3.63, 3.8) is 0 Å². The number of benzene rings is 1. The molecular formula is C14H21NO4. The Hall–Kier alpha value is -1.75. The first-order valence-electron chi connectivity index (χ1n) is 6.37. The molecule has 2 N–H and O–H groups in total. The quantitative estimate of drug-likeness (QED) is 0.703. The second-order valence-corrected chi connectivity index (χ2v) is 4.11. The van der Waals surface area contributed by atoms with Crippen LogP contribution in [0.3, 0.4) is 0 Å². The van der Waals surface area contributed by atoms with Crippen LogP contribution in [0.2, 0.25) is 0 Å². The highest BCUT2D eigenvalue weighted by Gasteiger charge is 2.08. The van der Waals surface area contributed by atoms with E-state index in [1.807, 2.05) is 31.2 Å². The molecule has 0 aromatic heterocycles. The van der Waals surface area contributed by atoms with Gasteiger partial charge < -0.3 is 19.9 Å². The molecule has 0 saturated heterocycles. The molecule has 5 nitrogen and oxygen atoms in total. The minimum atomic E-state index is -0.578. The number of nitrogens with one attached hydrogen (secondary N) is 1. The molecule has 0 aliphatic heterocycles. The van der Waals surface area contributed by atoms with Crippen molar-refractivity contribution in [1.29, 1.82) is 0 Å². The Labute approximate surface area is 113 Å². The van der Waals surface area contributed by atoms with Crippen molar-refractivity contribution >= 4 is 11.7 Å². The highest BCUT2D eigenvalue weighted by Crippen LogP contribution is 2.15. The maximum absolute atomic E-state index is 10.9. The van der Waals surface area contributed by atoms with Gasteiger partial charge in [-0.3, -0.25) is 4.79 Å². The van der Waals surface area contributed by atoms with Crippen molar-refractivity contribution in [3.8, 4) is 5.75 Å². The van der Waals surface area contributed by atoms with Crippen molar-refractivity contribution in [3.05, 3.63) is 24.3 Å². The van der Waals surface area contributed by atoms with Crippen molar-refractivity contribution in [2.45, 2.75) is 25.9 Å². The van der Waals surface area contributed by atoms with Gasteiger partial charge in [0.05, 0.1) is 19.8 Å². The van der Waals surface area contributed by atoms with Crippen molar-refractivity contribution in [1.82, 2.24) is 0 Å². The van der Waals surface area contributed by atoms with Crippen LogP contribution in [-0.2, 0) is 9.53 Å². The lowest BCUT2D eigenvalue weighted by atomic mass is 10.2. The second-order valence-electron chi connectivity index (χ2n) is 4.11. The van der Waals surface area contributed by atoms with E-state index < -0.39 is 6.10 Å². The van der Waals surface area contributed by atoms with Crippen LogP contribution in [0, 0.1) is 0 Å². The number of rotatable bonds is 8. The number of aliphatic hydroxyl groups is 1. The SMILES string of the molecule is CCOc1ccc(NCC(O)CCC(=O)OC)cc1. The van der Waals surface area contributed by atoms with Crippen LogP contribution in [0.1, 0.15) is 19.8 Å². The molecule has 1 atom stereocenters. The monoisotopic (exact) mass is 267 g/mol. The standard InChI is InChI=1S/C14H21NO4/c1-3-19-13-7-4-11(5-8-13)15-10-12(16)6-9-14(17)18-2/h4-5,7-8,12,15-16H,3,6,9-10H2,1-2H3. The third-order valence-electron chi connectivity index (χ3n) is 2.62. The van der Waals surface area contributed by atoms with Gasteiger partial charge in [-0.15, -0.1) is 0 Å². The van der Waals surface area contributed by atoms with Crippen molar-refractivity contribution in [2.24, 2.45) is 0 Å². The molecule has 1 rings (SSSR count). The summed E-state index contributed by atoms with van der Waals surface area (Å²) in [7, 11) is 1.34. The van der Waals surface area contributed by atoms with Gasteiger partial charge in [0.25, 0.3) is 0 Å². The maximum atomic E-state index is 10.9. The molecule has 0 saturated carbocycles. The lowest BCUT2D eigenvalue weighted by molar-refractivity contribution is -0.141. The van der Waals surface area contributed by atoms with Crippen LogP contribution in [-0.4, -0.2) is 37.4 Å². The van der Waals surface area contributed by atoms with Gasteiger partial charge in [0.2, 0.25) is 0 Å². The molecule has 0 amide bonds. The highest BCUT2D eigenvalue weighted by atomic mass is 16.5. The average molecular weight is 267 g/mol. The number of hydrogen-bond donors (Lipinski definition) is 2. The number of hydrogen-bond acceptors (Lipinski definition) is 5. The summed E-state index contributed by atoms with van der Waals surface area (Å²) in [4.78, 5) is 10.9. The minimum Gasteiger partial charge on any atom is -0.494 e. The fourth-order valence-electron chi connectivity index (χ4n) is 1.56. The van der Waals surface area contributed by atoms with Gasteiger partial charge in [0, 0.05) is 18.7 Å². The topological polar surface area (TPSA) is 67.8 Å². The zero-order valence-electron chi connectivity index (χ0n) is 11.4. The number of carbonyl (C=O) groups excluding carboxylic acids is 1. The molecular weight excluding hydrogens is 246 g/mol. The van der Waals surface area contributed by atoms with Gasteiger partial charge >= 0.3 is 5.97 Å². The van der Waals surface area contributed by atoms with Crippen LogP contribution in [0.4, 0.5) is 5.69 Å². The molecule has 0 heterocycles. The first-order chi connectivity index (χ1) is 9.15. The van der Waals surface area contributed by atoms with Crippen LogP contribution >= 0.6 is 0 Å². The molecule has 5 heteroatoms. The third-order valence-corrected chi connectivity index (χ3v) is 2.62. The molecule has 0 spiro atoms. The lowest BCUT2D eigenvalue weighted by Gasteiger charge is -2.12. The van der Waals surface area contributed by atoms with Crippen molar-refractivity contribution < 1.29 is 19.4 Å². The van der Waals surface area contributed by atoms with Gasteiger partial charge in [-0.05, 0) is 37.6 Å². The van der Waals surface area contributed by atoms with E-state index in [2.05, 4.69) is 10.1 Å². The normalized spacial score (nSPS) is 11.7. The van der Waals surface area contributed by atoms with Gasteiger partial charge in [-0.2, -0.15) is 0 Å². The fourth-order valence-corrected chi connectivity index (χ4v) is 1.56. The summed E-state index contributed by atoms with van der Waals surface area (Å²) in [6, 6.07) is 7.51. The van der Waals surface area contributed by atoms with Crippen LogP contribution in [0.15, 0.2) is 24.3 Å². The second kappa shape index (κ2) is 8.37. The third kappa shape index (κ3) is 6.10. The predicted octanol–water partition coefficient (Wildman–Crippen LogP) is 1.81. The van der Waals surface area contributed by atoms with E-state index in [0.29, 0.717) is 19.6 Å². The van der Waals surface area contributed by atoms with Crippen LogP contribution in [0.25, 0.3) is 0 Å². The maximum Gasteiger partial charge on any atom is 0.305 e. The summed E-state index contributed by atoms with van der Waals surface area (Å²) in [5.74, 6) is 0.513. The van der Waals surface area contributed by atoms with E-state index in [0.717, 1.165) is 11.4 Å². The number of methoxy groups -OCH3 is 1. The molecule has 1 aromatic carbocycles. The van der Waals surface area contributed by atoms with Crippen LogP contribution in [0.5, 0.6) is 5.75 Å². The van der Waals surface area contributed by atoms with Gasteiger partial charge in [0.15, 0.2) is 0 Å². The van der Waals surface area contributed by atoms with E-state index in [-0.39, 0.29) is 12.4 Å². The summed E-state index contributed by atoms with van der Waals surface area (Å²) in [5.41, 5.74) is 0.903. The van der Waals surface area contributed by atoms with Gasteiger partial charge in [-0.1, -0.05) is 0 Å². The Morgan fingerprint density at radius 1 is 1.37 bits per heavy atom. The first kappa shape index (κ1) is 15.3. The zero-order chi connectivity index (χ0) is 14.1.